The number of rotatable bonds is 4. The van der Waals surface area contributed by atoms with Crippen molar-refractivity contribution >= 4 is 23.3 Å². The highest BCUT2D eigenvalue weighted by Gasteiger charge is 2.14. The predicted molar refractivity (Wildman–Crippen MR) is 64.2 cm³/mol. The molecule has 0 bridgehead atoms. The monoisotopic (exact) mass is 240 g/mol. The van der Waals surface area contributed by atoms with Crippen LogP contribution in [0.4, 0.5) is 5.69 Å². The molecule has 1 rings (SSSR count). The number of aryl methyl sites for hydroxylation is 2. The second-order valence-corrected chi connectivity index (χ2v) is 3.98. The van der Waals surface area contributed by atoms with Crippen LogP contribution in [0.25, 0.3) is 0 Å². The zero-order valence-corrected chi connectivity index (χ0v) is 9.93. The third-order valence-electron chi connectivity index (χ3n) is 2.01. The zero-order valence-electron chi connectivity index (χ0n) is 9.17. The number of carboxylic acids is 1. The van der Waals surface area contributed by atoms with Crippen molar-refractivity contribution in [2.45, 2.75) is 13.8 Å². The summed E-state index contributed by atoms with van der Waals surface area (Å²) in [7, 11) is 0. The highest BCUT2D eigenvalue weighted by molar-refractivity contribution is 6.29. The minimum absolute atomic E-state index is 0.170. The van der Waals surface area contributed by atoms with E-state index in [1.807, 2.05) is 0 Å². The molecule has 1 heterocycles. The summed E-state index contributed by atoms with van der Waals surface area (Å²) >= 11 is 5.62. The number of aromatic nitrogens is 1. The fourth-order valence-corrected chi connectivity index (χ4v) is 1.50. The number of carbonyl (C=O) groups is 1. The summed E-state index contributed by atoms with van der Waals surface area (Å²) in [5.41, 5.74) is 1.92. The number of nitrogens with one attached hydrogen (secondary N) is 1. The van der Waals surface area contributed by atoms with Crippen LogP contribution in [0, 0.1) is 13.8 Å². The molecule has 2 N–H and O–H groups in total. The van der Waals surface area contributed by atoms with Gasteiger partial charge in [0, 0.05) is 10.7 Å². The molecule has 0 aliphatic carbocycles. The van der Waals surface area contributed by atoms with Crippen LogP contribution in [0.3, 0.4) is 0 Å². The van der Waals surface area contributed by atoms with Crippen molar-refractivity contribution in [2.24, 2.45) is 0 Å². The van der Waals surface area contributed by atoms with Gasteiger partial charge in [0.25, 0.3) is 0 Å². The summed E-state index contributed by atoms with van der Waals surface area (Å²) in [4.78, 5) is 15.2. The molecule has 0 saturated carbocycles. The minimum Gasteiger partial charge on any atom is -0.478 e. The molecule has 0 amide bonds. The lowest BCUT2D eigenvalue weighted by Gasteiger charge is -2.11. The summed E-state index contributed by atoms with van der Waals surface area (Å²) in [5.74, 6) is -1.01. The summed E-state index contributed by atoms with van der Waals surface area (Å²) < 4.78 is 0. The van der Waals surface area contributed by atoms with Crippen molar-refractivity contribution in [3.63, 3.8) is 0 Å². The quantitative estimate of drug-likeness (QED) is 0.849. The van der Waals surface area contributed by atoms with Crippen molar-refractivity contribution in [1.29, 1.82) is 0 Å². The zero-order chi connectivity index (χ0) is 12.3. The molecule has 0 aliphatic heterocycles. The van der Waals surface area contributed by atoms with Crippen LogP contribution in [0.1, 0.15) is 21.7 Å². The average molecular weight is 241 g/mol. The Balaban J connectivity index is 3.13. The van der Waals surface area contributed by atoms with Crippen LogP contribution in [0.2, 0.25) is 0 Å². The van der Waals surface area contributed by atoms with Gasteiger partial charge < -0.3 is 10.4 Å². The molecule has 5 heteroatoms. The Morgan fingerprint density at radius 2 is 2.25 bits per heavy atom. The van der Waals surface area contributed by atoms with Crippen molar-refractivity contribution in [2.75, 3.05) is 11.9 Å². The van der Waals surface area contributed by atoms with E-state index in [-0.39, 0.29) is 5.56 Å². The van der Waals surface area contributed by atoms with E-state index in [4.69, 9.17) is 16.7 Å². The lowest BCUT2D eigenvalue weighted by Crippen LogP contribution is -2.11. The molecule has 0 fully saturated rings. The van der Waals surface area contributed by atoms with E-state index in [1.165, 1.54) is 0 Å². The van der Waals surface area contributed by atoms with Gasteiger partial charge in [-0.1, -0.05) is 18.2 Å². The van der Waals surface area contributed by atoms with Crippen LogP contribution in [0.15, 0.2) is 17.7 Å². The van der Waals surface area contributed by atoms with Gasteiger partial charge in [0.15, 0.2) is 0 Å². The van der Waals surface area contributed by atoms with Crippen LogP contribution in [-0.4, -0.2) is 22.6 Å². The highest BCUT2D eigenvalue weighted by atomic mass is 35.5. The Kier molecular flexibility index (Phi) is 3.90. The number of pyridine rings is 1. The second-order valence-electron chi connectivity index (χ2n) is 3.45. The molecule has 0 radical (unpaired) electrons. The summed E-state index contributed by atoms with van der Waals surface area (Å²) in [6, 6.07) is 1.68. The Bertz CT molecular complexity index is 444. The van der Waals surface area contributed by atoms with E-state index in [0.717, 1.165) is 5.69 Å². The Morgan fingerprint density at radius 3 is 2.75 bits per heavy atom. The van der Waals surface area contributed by atoms with Gasteiger partial charge in [-0.05, 0) is 19.9 Å². The molecule has 4 nitrogen and oxygen atoms in total. The van der Waals surface area contributed by atoms with E-state index in [0.29, 0.717) is 23.0 Å². The van der Waals surface area contributed by atoms with Gasteiger partial charge in [0.1, 0.15) is 5.56 Å². The first-order valence-electron chi connectivity index (χ1n) is 4.70. The Hall–Kier alpha value is -1.55. The van der Waals surface area contributed by atoms with Crippen molar-refractivity contribution in [1.82, 2.24) is 4.98 Å². The lowest BCUT2D eigenvalue weighted by molar-refractivity contribution is 0.0696. The molecule has 16 heavy (non-hydrogen) atoms. The van der Waals surface area contributed by atoms with E-state index < -0.39 is 5.97 Å². The maximum absolute atomic E-state index is 11.1. The first kappa shape index (κ1) is 12.5. The number of carboxylic acid groups (broad SMARTS) is 1. The van der Waals surface area contributed by atoms with E-state index in [9.17, 15) is 4.79 Å². The number of hydrogen-bond acceptors (Lipinski definition) is 3. The molecule has 0 aliphatic rings. The van der Waals surface area contributed by atoms with Crippen LogP contribution >= 0.6 is 11.6 Å². The van der Waals surface area contributed by atoms with Gasteiger partial charge in [-0.25, -0.2) is 4.79 Å². The summed E-state index contributed by atoms with van der Waals surface area (Å²) in [6.07, 6.45) is 0. The van der Waals surface area contributed by atoms with Crippen LogP contribution in [0.5, 0.6) is 0 Å². The fraction of sp³-hybridized carbons (Fsp3) is 0.273. The SMILES string of the molecule is C=C(Cl)CNc1cc(C)nc(C)c1C(=O)O. The minimum atomic E-state index is -1.01. The molecule has 0 unspecified atom stereocenters. The highest BCUT2D eigenvalue weighted by Crippen LogP contribution is 2.20. The normalized spacial score (nSPS) is 9.94. The van der Waals surface area contributed by atoms with Crippen LogP contribution in [-0.2, 0) is 0 Å². The first-order valence-corrected chi connectivity index (χ1v) is 5.08. The van der Waals surface area contributed by atoms with Crippen molar-refractivity contribution in [3.05, 3.63) is 34.6 Å². The van der Waals surface area contributed by atoms with Gasteiger partial charge >= 0.3 is 5.97 Å². The smallest absolute Gasteiger partial charge is 0.339 e. The lowest BCUT2D eigenvalue weighted by atomic mass is 10.1. The molecular formula is C11H13ClN2O2. The summed E-state index contributed by atoms with van der Waals surface area (Å²) in [6.45, 7) is 7.32. The van der Waals surface area contributed by atoms with Gasteiger partial charge in [-0.3, -0.25) is 4.98 Å². The van der Waals surface area contributed by atoms with Gasteiger partial charge in [-0.15, -0.1) is 0 Å². The Labute approximate surface area is 99.0 Å². The predicted octanol–water partition coefficient (Wildman–Crippen LogP) is 2.56. The number of aromatic carboxylic acids is 1. The summed E-state index contributed by atoms with van der Waals surface area (Å²) in [5, 5.41) is 12.4. The molecule has 0 spiro atoms. The Morgan fingerprint density at radius 1 is 1.62 bits per heavy atom. The van der Waals surface area contributed by atoms with Crippen molar-refractivity contribution < 1.29 is 9.90 Å². The molecule has 0 atom stereocenters. The van der Waals surface area contributed by atoms with E-state index >= 15 is 0 Å². The van der Waals surface area contributed by atoms with Gasteiger partial charge in [0.2, 0.25) is 0 Å². The molecule has 86 valence electrons. The van der Waals surface area contributed by atoms with Gasteiger partial charge in [0.05, 0.1) is 17.9 Å². The number of halogens is 1. The van der Waals surface area contributed by atoms with Crippen LogP contribution < -0.4 is 5.32 Å². The molecule has 0 aromatic carbocycles. The number of nitrogens with zero attached hydrogens (tertiary/aromatic N) is 1. The molecular weight excluding hydrogens is 228 g/mol. The maximum Gasteiger partial charge on any atom is 0.339 e. The standard InChI is InChI=1S/C11H13ClN2O2/c1-6(12)5-13-9-4-7(2)14-8(3)10(9)11(15)16/h4H,1,5H2,2-3H3,(H,13,14)(H,15,16). The molecule has 1 aromatic rings. The van der Waals surface area contributed by atoms with Crippen molar-refractivity contribution in [3.8, 4) is 0 Å². The largest absolute Gasteiger partial charge is 0.478 e. The van der Waals surface area contributed by atoms with E-state index in [2.05, 4.69) is 16.9 Å². The first-order chi connectivity index (χ1) is 7.41. The average Bonchev–Trinajstić information content (AvgIpc) is 2.12. The topological polar surface area (TPSA) is 62.2 Å². The molecule has 1 aromatic heterocycles. The second kappa shape index (κ2) is 4.99. The fourth-order valence-electron chi connectivity index (χ4n) is 1.43. The molecule has 0 saturated heterocycles. The number of anilines is 1. The third-order valence-corrected chi connectivity index (χ3v) is 2.15. The van der Waals surface area contributed by atoms with Gasteiger partial charge in [-0.2, -0.15) is 0 Å². The number of hydrogen-bond donors (Lipinski definition) is 2. The third kappa shape index (κ3) is 2.97. The van der Waals surface area contributed by atoms with E-state index in [1.54, 1.807) is 19.9 Å². The maximum atomic E-state index is 11.1.